The second-order valence-corrected chi connectivity index (χ2v) is 8.76. The lowest BCUT2D eigenvalue weighted by Gasteiger charge is -2.12. The van der Waals surface area contributed by atoms with Crippen molar-refractivity contribution in [3.8, 4) is 11.4 Å². The van der Waals surface area contributed by atoms with Crippen LogP contribution < -0.4 is 0 Å². The van der Waals surface area contributed by atoms with Crippen LogP contribution in [-0.2, 0) is 0 Å². The minimum Gasteiger partial charge on any atom is -0.309 e. The Morgan fingerprint density at radius 3 is 1.27 bits per heavy atom. The van der Waals surface area contributed by atoms with Gasteiger partial charge in [0.25, 0.3) is 0 Å². The molecule has 0 spiro atoms. The largest absolute Gasteiger partial charge is 0.309 e. The normalized spacial score (nSPS) is 10.8. The molecule has 0 atom stereocenters. The first-order valence-corrected chi connectivity index (χ1v) is 13.4. The Morgan fingerprint density at radius 1 is 0.378 bits per heavy atom. The number of nitrogens with zero attached hydrogens (tertiary/aromatic N) is 2. The van der Waals surface area contributed by atoms with Crippen LogP contribution in [0.2, 0.25) is 0 Å². The van der Waals surface area contributed by atoms with Crippen LogP contribution in [0.3, 0.4) is 0 Å². The summed E-state index contributed by atoms with van der Waals surface area (Å²) < 4.78 is 4.77. The van der Waals surface area contributed by atoms with Crippen LogP contribution in [0.5, 0.6) is 0 Å². The molecule has 0 radical (unpaired) electrons. The summed E-state index contributed by atoms with van der Waals surface area (Å²) in [6.07, 6.45) is 0. The first-order chi connectivity index (χ1) is 18.3. The fraction of sp³-hybridized carbons (Fsp3) is 0.143. The molecular weight excluding hydrogens is 448 g/mol. The first kappa shape index (κ1) is 24.4. The molecule has 7 aromatic rings. The third-order valence-corrected chi connectivity index (χ3v) is 6.75. The number of para-hydroxylation sites is 3. The molecule has 2 aromatic heterocycles. The van der Waals surface area contributed by atoms with Crippen LogP contribution in [0.1, 0.15) is 33.3 Å². The van der Waals surface area contributed by atoms with Gasteiger partial charge in [0.1, 0.15) is 0 Å². The fourth-order valence-electron chi connectivity index (χ4n) is 5.34. The predicted octanol–water partition coefficient (Wildman–Crippen LogP) is 10.2. The molecule has 2 heteroatoms. The Hall–Kier alpha value is -4.30. The number of fused-ring (bicyclic) bond motifs is 6. The van der Waals surface area contributed by atoms with Gasteiger partial charge in [0.2, 0.25) is 0 Å². The third kappa shape index (κ3) is 3.99. The van der Waals surface area contributed by atoms with Gasteiger partial charge in [0.05, 0.1) is 22.1 Å². The predicted molar refractivity (Wildman–Crippen MR) is 163 cm³/mol. The van der Waals surface area contributed by atoms with Crippen molar-refractivity contribution in [3.63, 3.8) is 0 Å². The number of benzene rings is 5. The maximum atomic E-state index is 2.39. The van der Waals surface area contributed by atoms with E-state index in [0.717, 1.165) is 0 Å². The van der Waals surface area contributed by atoms with Crippen LogP contribution in [0.4, 0.5) is 0 Å². The highest BCUT2D eigenvalue weighted by molar-refractivity contribution is 6.10. The molecule has 7 rings (SSSR count). The molecule has 0 saturated heterocycles. The van der Waals surface area contributed by atoms with E-state index in [1.54, 1.807) is 0 Å². The lowest BCUT2D eigenvalue weighted by molar-refractivity contribution is 1.13. The van der Waals surface area contributed by atoms with Crippen molar-refractivity contribution in [2.75, 3.05) is 0 Å². The average Bonchev–Trinajstić information content (AvgIpc) is 3.48. The molecule has 0 aliphatic heterocycles. The minimum absolute atomic E-state index is 1.17. The number of hydrogen-bond donors (Lipinski definition) is 0. The molecule has 37 heavy (non-hydrogen) atoms. The molecule has 5 aromatic carbocycles. The summed E-state index contributed by atoms with van der Waals surface area (Å²) in [4.78, 5) is 0. The Bertz CT molecular complexity index is 1780. The zero-order valence-electron chi connectivity index (χ0n) is 22.4. The van der Waals surface area contributed by atoms with Crippen LogP contribution in [0.25, 0.3) is 55.0 Å². The highest BCUT2D eigenvalue weighted by Gasteiger charge is 2.15. The molecule has 0 unspecified atom stereocenters. The van der Waals surface area contributed by atoms with Crippen molar-refractivity contribution in [1.29, 1.82) is 0 Å². The molecule has 0 amide bonds. The van der Waals surface area contributed by atoms with Crippen LogP contribution in [0, 0.1) is 6.92 Å². The fourth-order valence-corrected chi connectivity index (χ4v) is 5.34. The smallest absolute Gasteiger partial charge is 0.0541 e. The van der Waals surface area contributed by atoms with Gasteiger partial charge in [-0.1, -0.05) is 100.0 Å². The molecule has 0 fully saturated rings. The van der Waals surface area contributed by atoms with E-state index in [1.807, 2.05) is 27.7 Å². The molecule has 0 bridgehead atoms. The highest BCUT2D eigenvalue weighted by atomic mass is 15.0. The second kappa shape index (κ2) is 10.4. The van der Waals surface area contributed by atoms with Crippen LogP contribution in [-0.4, -0.2) is 9.13 Å². The van der Waals surface area contributed by atoms with E-state index in [4.69, 9.17) is 0 Å². The number of rotatable bonds is 2. The van der Waals surface area contributed by atoms with Gasteiger partial charge in [0.15, 0.2) is 0 Å². The third-order valence-electron chi connectivity index (χ3n) is 6.75. The maximum Gasteiger partial charge on any atom is 0.0541 e. The van der Waals surface area contributed by atoms with Crippen molar-refractivity contribution in [1.82, 2.24) is 9.13 Å². The lowest BCUT2D eigenvalue weighted by atomic mass is 10.1. The molecule has 184 valence electrons. The highest BCUT2D eigenvalue weighted by Crippen LogP contribution is 2.35. The van der Waals surface area contributed by atoms with Gasteiger partial charge in [0, 0.05) is 32.9 Å². The lowest BCUT2D eigenvalue weighted by Crippen LogP contribution is -1.98. The summed E-state index contributed by atoms with van der Waals surface area (Å²) in [7, 11) is 0. The first-order valence-electron chi connectivity index (χ1n) is 13.4. The number of hydrogen-bond acceptors (Lipinski definition) is 0. The van der Waals surface area contributed by atoms with E-state index in [9.17, 15) is 0 Å². The molecular formula is C35H34N2. The van der Waals surface area contributed by atoms with E-state index >= 15 is 0 Å². The summed E-state index contributed by atoms with van der Waals surface area (Å²) >= 11 is 0. The Labute approximate surface area is 219 Å². The van der Waals surface area contributed by atoms with Gasteiger partial charge < -0.3 is 9.13 Å². The summed E-state index contributed by atoms with van der Waals surface area (Å²) in [5.41, 5.74) is 8.55. The molecule has 0 N–H and O–H groups in total. The van der Waals surface area contributed by atoms with Crippen LogP contribution in [0.15, 0.2) is 115 Å². The van der Waals surface area contributed by atoms with Gasteiger partial charge in [-0.25, -0.2) is 0 Å². The molecule has 0 saturated carbocycles. The van der Waals surface area contributed by atoms with Gasteiger partial charge >= 0.3 is 0 Å². The van der Waals surface area contributed by atoms with Crippen molar-refractivity contribution in [3.05, 3.63) is 121 Å². The van der Waals surface area contributed by atoms with Gasteiger partial charge in [-0.2, -0.15) is 0 Å². The van der Waals surface area contributed by atoms with E-state index in [1.165, 1.54) is 60.5 Å². The zero-order valence-corrected chi connectivity index (χ0v) is 22.4. The zero-order chi connectivity index (χ0) is 25.9. The van der Waals surface area contributed by atoms with Gasteiger partial charge in [-0.15, -0.1) is 0 Å². The average molecular weight is 483 g/mol. The van der Waals surface area contributed by atoms with Crippen molar-refractivity contribution in [2.45, 2.75) is 34.6 Å². The quantitative estimate of drug-likeness (QED) is 0.232. The molecule has 2 nitrogen and oxygen atoms in total. The van der Waals surface area contributed by atoms with E-state index < -0.39 is 0 Å². The standard InChI is InChI=1S/C31H22N2.2C2H6/c1-21-17-18-31-27(19-21)26-13-4-7-16-30(26)33(31)23-10-8-9-22(20-23)32-28-14-5-2-11-24(28)25-12-3-6-15-29(25)32;2*1-2/h2-20H,1H3;2*1-2H3. The van der Waals surface area contributed by atoms with Crippen molar-refractivity contribution < 1.29 is 0 Å². The van der Waals surface area contributed by atoms with E-state index in [0.29, 0.717) is 0 Å². The molecule has 0 aliphatic rings. The topological polar surface area (TPSA) is 9.86 Å². The number of aryl methyl sites for hydroxylation is 1. The van der Waals surface area contributed by atoms with Crippen LogP contribution >= 0.6 is 0 Å². The Morgan fingerprint density at radius 2 is 0.784 bits per heavy atom. The number of aromatic nitrogens is 2. The minimum atomic E-state index is 1.17. The summed E-state index contributed by atoms with van der Waals surface area (Å²) in [5, 5.41) is 5.16. The SMILES string of the molecule is CC.CC.Cc1ccc2c(c1)c1ccccc1n2-c1cccc(-n2c3ccccc3c3ccccc32)c1. The maximum absolute atomic E-state index is 2.39. The van der Waals surface area contributed by atoms with E-state index in [-0.39, 0.29) is 0 Å². The summed E-state index contributed by atoms with van der Waals surface area (Å²) in [6, 6.07) is 41.7. The Kier molecular flexibility index (Phi) is 6.83. The summed E-state index contributed by atoms with van der Waals surface area (Å²) in [5.74, 6) is 0. The second-order valence-electron chi connectivity index (χ2n) is 8.76. The van der Waals surface area contributed by atoms with Gasteiger partial charge in [-0.3, -0.25) is 0 Å². The Balaban J connectivity index is 0.000000670. The van der Waals surface area contributed by atoms with Crippen molar-refractivity contribution >= 4 is 43.6 Å². The molecule has 2 heterocycles. The van der Waals surface area contributed by atoms with Crippen molar-refractivity contribution in [2.24, 2.45) is 0 Å². The summed E-state index contributed by atoms with van der Waals surface area (Å²) in [6.45, 7) is 10.2. The van der Waals surface area contributed by atoms with Gasteiger partial charge in [-0.05, 0) is 55.5 Å². The molecule has 0 aliphatic carbocycles. The van der Waals surface area contributed by atoms with E-state index in [2.05, 4.69) is 131 Å². The monoisotopic (exact) mass is 482 g/mol.